The smallest absolute Gasteiger partial charge is 0.0110 e. The summed E-state index contributed by atoms with van der Waals surface area (Å²) in [5.41, 5.74) is 0. The number of aryl methyl sites for hydroxylation is 1. The average Bonchev–Trinajstić information content (AvgIpc) is 2.58. The molecule has 0 aliphatic heterocycles. The fourth-order valence-electron chi connectivity index (χ4n) is 1.69. The Morgan fingerprint density at radius 1 is 1.14 bits per heavy atom. The molecule has 0 radical (unpaired) electrons. The van der Waals surface area contributed by atoms with E-state index < -0.39 is 0 Å². The van der Waals surface area contributed by atoms with Crippen molar-refractivity contribution < 1.29 is 0 Å². The van der Waals surface area contributed by atoms with E-state index >= 15 is 0 Å². The highest BCUT2D eigenvalue weighted by molar-refractivity contribution is 7.63. The van der Waals surface area contributed by atoms with Crippen LogP contribution in [0.5, 0.6) is 0 Å². The molecule has 1 rings (SSSR count). The van der Waals surface area contributed by atoms with E-state index in [2.05, 4.69) is 34.1 Å². The summed E-state index contributed by atoms with van der Waals surface area (Å²) >= 11 is 0. The van der Waals surface area contributed by atoms with Crippen molar-refractivity contribution in [3.63, 3.8) is 0 Å². The molecule has 0 fully saturated rings. The molecule has 0 aliphatic rings. The van der Waals surface area contributed by atoms with Gasteiger partial charge in [0.05, 0.1) is 0 Å². The molecule has 0 amide bonds. The molecule has 0 saturated heterocycles. The maximum atomic E-state index is 2.88. The predicted octanol–water partition coefficient (Wildman–Crippen LogP) is 4.53. The first-order valence-electron chi connectivity index (χ1n) is 5.75. The summed E-state index contributed by atoms with van der Waals surface area (Å²) in [7, 11) is 2.99. The summed E-state index contributed by atoms with van der Waals surface area (Å²) in [5, 5.41) is 1.54. The molecular formula is C12H22P2. The van der Waals surface area contributed by atoms with E-state index in [0.717, 1.165) is 0 Å². The van der Waals surface area contributed by atoms with Crippen LogP contribution in [0.3, 0.4) is 0 Å². The maximum absolute atomic E-state index is 2.88. The van der Waals surface area contributed by atoms with Gasteiger partial charge in [-0.1, -0.05) is 51.2 Å². The molecule has 2 atom stereocenters. The molecular weight excluding hydrogens is 206 g/mol. The second-order valence-corrected chi connectivity index (χ2v) is 7.20. The highest BCUT2D eigenvalue weighted by atomic mass is 31.1. The summed E-state index contributed by atoms with van der Waals surface area (Å²) in [6.45, 7) is 2.28. The maximum Gasteiger partial charge on any atom is -0.0110 e. The average molecular weight is 228 g/mol. The van der Waals surface area contributed by atoms with Gasteiger partial charge in [-0.2, -0.15) is 0 Å². The topological polar surface area (TPSA) is 0 Å². The second-order valence-electron chi connectivity index (χ2n) is 3.89. The first-order chi connectivity index (χ1) is 6.84. The third kappa shape index (κ3) is 4.63. The highest BCUT2D eigenvalue weighted by Crippen LogP contribution is 2.29. The van der Waals surface area contributed by atoms with Crippen LogP contribution in [0.2, 0.25) is 0 Å². The first-order valence-corrected chi connectivity index (χ1v) is 7.92. The van der Waals surface area contributed by atoms with Gasteiger partial charge in [0.25, 0.3) is 0 Å². The molecule has 2 heteroatoms. The fourth-order valence-corrected chi connectivity index (χ4v) is 4.17. The normalized spacial score (nSPS) is 12.0. The Balaban J connectivity index is 2.02. The van der Waals surface area contributed by atoms with E-state index in [1.165, 1.54) is 49.7 Å². The molecule has 80 valence electrons. The highest BCUT2D eigenvalue weighted by Gasteiger charge is 1.96. The monoisotopic (exact) mass is 228 g/mol. The third-order valence-electron chi connectivity index (χ3n) is 2.62. The number of hydrogen-bond acceptors (Lipinski definition) is 0. The molecule has 1 aromatic heterocycles. The van der Waals surface area contributed by atoms with Crippen LogP contribution in [0.25, 0.3) is 0 Å². The molecule has 0 saturated carbocycles. The molecule has 0 nitrogen and oxygen atoms in total. The van der Waals surface area contributed by atoms with Crippen molar-refractivity contribution in [1.82, 2.24) is 0 Å². The van der Waals surface area contributed by atoms with Crippen LogP contribution in [0.1, 0.15) is 45.4 Å². The zero-order chi connectivity index (χ0) is 10.2. The molecule has 0 aliphatic carbocycles. The summed E-state index contributed by atoms with van der Waals surface area (Å²) in [4.78, 5) is 0. The van der Waals surface area contributed by atoms with Crippen molar-refractivity contribution >= 4 is 21.8 Å². The van der Waals surface area contributed by atoms with E-state index in [-0.39, 0.29) is 7.53 Å². The van der Waals surface area contributed by atoms with Gasteiger partial charge in [0, 0.05) is 0 Å². The van der Waals surface area contributed by atoms with E-state index in [9.17, 15) is 0 Å². The largest absolute Gasteiger partial charge is 0.118 e. The predicted molar refractivity (Wildman–Crippen MR) is 71.9 cm³/mol. The lowest BCUT2D eigenvalue weighted by Crippen LogP contribution is -1.83. The van der Waals surface area contributed by atoms with Crippen molar-refractivity contribution in [2.24, 2.45) is 0 Å². The van der Waals surface area contributed by atoms with Crippen LogP contribution in [0.4, 0.5) is 0 Å². The summed E-state index contributed by atoms with van der Waals surface area (Å²) < 4.78 is 0. The third-order valence-corrected chi connectivity index (χ3v) is 5.95. The van der Waals surface area contributed by atoms with Crippen molar-refractivity contribution in [1.29, 1.82) is 0 Å². The molecule has 2 unspecified atom stereocenters. The molecule has 1 aromatic rings. The van der Waals surface area contributed by atoms with Gasteiger partial charge in [0.1, 0.15) is 0 Å². The Morgan fingerprint density at radius 3 is 2.50 bits per heavy atom. The Labute approximate surface area is 91.8 Å². The lowest BCUT2D eigenvalue weighted by Gasteiger charge is -2.01. The van der Waals surface area contributed by atoms with Gasteiger partial charge in [-0.25, -0.2) is 0 Å². The number of unbranched alkanes of at least 4 members (excludes halogenated alkanes) is 5. The van der Waals surface area contributed by atoms with Gasteiger partial charge < -0.3 is 0 Å². The van der Waals surface area contributed by atoms with Gasteiger partial charge >= 0.3 is 0 Å². The molecule has 0 N–H and O–H groups in total. The SMILES string of the molecule is CCCCCCCCp1cccc1P. The van der Waals surface area contributed by atoms with Crippen LogP contribution in [0, 0.1) is 0 Å². The van der Waals surface area contributed by atoms with Crippen LogP contribution >= 0.6 is 16.8 Å². The van der Waals surface area contributed by atoms with Crippen LogP contribution in [-0.2, 0) is 6.16 Å². The molecule has 0 bridgehead atoms. The molecule has 0 spiro atoms. The van der Waals surface area contributed by atoms with Gasteiger partial charge in [0.2, 0.25) is 0 Å². The lowest BCUT2D eigenvalue weighted by atomic mass is 10.1. The quantitative estimate of drug-likeness (QED) is 0.475. The zero-order valence-electron chi connectivity index (χ0n) is 9.21. The Kier molecular flexibility index (Phi) is 6.57. The van der Waals surface area contributed by atoms with E-state index in [0.29, 0.717) is 0 Å². The summed E-state index contributed by atoms with van der Waals surface area (Å²) in [5.74, 6) is 2.39. The minimum atomic E-state index is 0.113. The van der Waals surface area contributed by atoms with Crippen molar-refractivity contribution in [3.05, 3.63) is 17.9 Å². The number of rotatable bonds is 7. The van der Waals surface area contributed by atoms with Crippen molar-refractivity contribution in [3.8, 4) is 0 Å². The van der Waals surface area contributed by atoms with E-state index in [1.54, 1.807) is 0 Å². The van der Waals surface area contributed by atoms with Crippen LogP contribution in [-0.4, -0.2) is 0 Å². The van der Waals surface area contributed by atoms with Crippen molar-refractivity contribution in [2.75, 3.05) is 0 Å². The Bertz CT molecular complexity index is 240. The van der Waals surface area contributed by atoms with Gasteiger partial charge in [0.15, 0.2) is 0 Å². The summed E-state index contributed by atoms with van der Waals surface area (Å²) in [6, 6.07) is 4.46. The Hall–Kier alpha value is 0.210. The van der Waals surface area contributed by atoms with Crippen molar-refractivity contribution in [2.45, 2.75) is 51.6 Å². The zero-order valence-corrected chi connectivity index (χ0v) is 11.3. The van der Waals surface area contributed by atoms with Gasteiger partial charge in [-0.3, -0.25) is 0 Å². The Morgan fingerprint density at radius 2 is 1.86 bits per heavy atom. The minimum absolute atomic E-state index is 0.113. The van der Waals surface area contributed by atoms with Gasteiger partial charge in [-0.05, 0) is 23.4 Å². The van der Waals surface area contributed by atoms with Crippen LogP contribution in [0.15, 0.2) is 17.9 Å². The summed E-state index contributed by atoms with van der Waals surface area (Å²) in [6.07, 6.45) is 9.92. The second kappa shape index (κ2) is 7.49. The fraction of sp³-hybridized carbons (Fsp3) is 0.667. The van der Waals surface area contributed by atoms with E-state index in [1.807, 2.05) is 0 Å². The molecule has 1 heterocycles. The standard InChI is InChI=1S/C12H22P2/c1-2-3-4-5-6-7-10-14-11-8-9-12(14)13/h8-9,11H,2-7,10,13H2,1H3. The minimum Gasteiger partial charge on any atom is -0.118 e. The molecule has 0 aromatic carbocycles. The van der Waals surface area contributed by atoms with E-state index in [4.69, 9.17) is 0 Å². The van der Waals surface area contributed by atoms with Gasteiger partial charge in [-0.15, -0.1) is 16.8 Å². The number of hydrogen-bond donors (Lipinski definition) is 0. The van der Waals surface area contributed by atoms with Crippen LogP contribution < -0.4 is 5.04 Å². The lowest BCUT2D eigenvalue weighted by molar-refractivity contribution is 0.619. The first kappa shape index (κ1) is 12.3. The molecule has 14 heavy (non-hydrogen) atoms.